The molecule has 7 heteroatoms. The van der Waals surface area contributed by atoms with Crippen LogP contribution in [-0.4, -0.2) is 30.3 Å². The fourth-order valence-electron chi connectivity index (χ4n) is 1.22. The van der Waals surface area contributed by atoms with Gasteiger partial charge < -0.3 is 0 Å². The van der Waals surface area contributed by atoms with Crippen molar-refractivity contribution < 1.29 is 0 Å². The van der Waals surface area contributed by atoms with Crippen molar-refractivity contribution in [3.63, 3.8) is 0 Å². The zero-order chi connectivity index (χ0) is 12.4. The Morgan fingerprint density at radius 3 is 2.88 bits per heavy atom. The molecule has 17 heavy (non-hydrogen) atoms. The molecule has 0 unspecified atom stereocenters. The van der Waals surface area contributed by atoms with Gasteiger partial charge in [-0.3, -0.25) is 0 Å². The molecule has 0 aliphatic heterocycles. The Morgan fingerprint density at radius 2 is 2.18 bits per heavy atom. The molecule has 87 valence electrons. The van der Waals surface area contributed by atoms with Crippen LogP contribution >= 0.6 is 11.6 Å². The molecule has 0 saturated carbocycles. The number of nitrogens with zero attached hydrogens (tertiary/aromatic N) is 3. The zero-order valence-electron chi connectivity index (χ0n) is 8.96. The van der Waals surface area contributed by atoms with Crippen LogP contribution in [0.4, 0.5) is 5.69 Å². The molecule has 2 aromatic heterocycles. The van der Waals surface area contributed by atoms with Crippen LogP contribution in [-0.2, 0) is 7.05 Å². The van der Waals surface area contributed by atoms with Gasteiger partial charge in [0.25, 0.3) is 0 Å². The van der Waals surface area contributed by atoms with E-state index in [0.29, 0.717) is 5.69 Å². The van der Waals surface area contributed by atoms with Crippen LogP contribution in [0.3, 0.4) is 0 Å². The molecule has 0 atom stereocenters. The number of hydrogen-bond donors (Lipinski definition) is 1. The van der Waals surface area contributed by atoms with Gasteiger partial charge >= 0.3 is 109 Å². The third-order valence-corrected chi connectivity index (χ3v) is 4.71. The average molecular weight is 312 g/mol. The van der Waals surface area contributed by atoms with Gasteiger partial charge in [0.05, 0.1) is 0 Å². The second-order valence-corrected chi connectivity index (χ2v) is 6.15. The molecule has 0 aliphatic rings. The van der Waals surface area contributed by atoms with E-state index >= 15 is 0 Å². The van der Waals surface area contributed by atoms with E-state index in [2.05, 4.69) is 9.97 Å². The molecule has 0 fully saturated rings. The molecule has 5 nitrogen and oxygen atoms in total. The summed E-state index contributed by atoms with van der Waals surface area (Å²) < 4.78 is 3.31. The maximum absolute atomic E-state index is 11.2. The monoisotopic (exact) mass is 311 g/mol. The number of nitrogen functional groups attached to an aromatic ring is 1. The van der Waals surface area contributed by atoms with E-state index in [4.69, 9.17) is 17.3 Å². The number of hydrogen-bond acceptors (Lipinski definition) is 4. The minimum atomic E-state index is -0.401. The van der Waals surface area contributed by atoms with Crippen molar-refractivity contribution in [1.29, 1.82) is 0 Å². The second-order valence-electron chi connectivity index (χ2n) is 3.35. The molecular weight excluding hydrogens is 303 g/mol. The normalized spacial score (nSPS) is 11.2. The van der Waals surface area contributed by atoms with Crippen LogP contribution in [0.15, 0.2) is 29.5 Å². The molecule has 0 aliphatic carbocycles. The molecule has 2 N–H and O–H groups in total. The number of pyridine rings is 1. The number of aromatic nitrogens is 3. The number of aryl methyl sites for hydroxylation is 1. The average Bonchev–Trinajstić information content (AvgIpc) is 2.30. The second kappa shape index (κ2) is 4.90. The van der Waals surface area contributed by atoms with Crippen LogP contribution in [0.25, 0.3) is 0 Å². The Morgan fingerprint density at radius 1 is 1.41 bits per heavy atom. The molecule has 1 radical (unpaired) electrons. The Bertz CT molecular complexity index is 613. The van der Waals surface area contributed by atoms with Crippen molar-refractivity contribution in [2.75, 3.05) is 5.73 Å². The fraction of sp³-hybridized carbons (Fsp3) is 0.100. The van der Waals surface area contributed by atoms with Gasteiger partial charge in [-0.25, -0.2) is 0 Å². The standard InChI is InChI=1S/C10H9AsClN4O/c1-16-4-6(2-3-7(16)17)11-9-8(13)10(12)15-5-14-9/h2-5H,13H2,1H3. The van der Waals surface area contributed by atoms with E-state index in [1.807, 2.05) is 0 Å². The SMILES string of the molecule is Cn1cc([As]c2ncnc(Cl)c2N)ccc1=O. The molecule has 2 aromatic rings. The van der Waals surface area contributed by atoms with E-state index in [-0.39, 0.29) is 10.7 Å². The first-order valence-corrected chi connectivity index (χ1v) is 6.98. The molecule has 0 spiro atoms. The number of nitrogens with two attached hydrogens (primary N) is 1. The van der Waals surface area contributed by atoms with Crippen LogP contribution in [0.2, 0.25) is 5.15 Å². The molecular formula is C10H9AsClN4O. The summed E-state index contributed by atoms with van der Waals surface area (Å²) in [5.41, 5.74) is 6.18. The number of anilines is 1. The Labute approximate surface area is 109 Å². The summed E-state index contributed by atoms with van der Waals surface area (Å²) in [5.74, 6) is 0. The van der Waals surface area contributed by atoms with Crippen molar-refractivity contribution in [3.8, 4) is 0 Å². The van der Waals surface area contributed by atoms with Gasteiger partial charge in [-0.05, 0) is 0 Å². The summed E-state index contributed by atoms with van der Waals surface area (Å²) in [6.45, 7) is 0. The first kappa shape index (κ1) is 12.1. The molecule has 0 bridgehead atoms. The predicted octanol–water partition coefficient (Wildman–Crippen LogP) is -0.934. The summed E-state index contributed by atoms with van der Waals surface area (Å²) in [4.78, 5) is 19.2. The van der Waals surface area contributed by atoms with Gasteiger partial charge in [0, 0.05) is 0 Å². The van der Waals surface area contributed by atoms with Gasteiger partial charge in [-0.1, -0.05) is 0 Å². The van der Waals surface area contributed by atoms with Crippen LogP contribution in [0.1, 0.15) is 0 Å². The topological polar surface area (TPSA) is 73.8 Å². The summed E-state index contributed by atoms with van der Waals surface area (Å²) >= 11 is 5.42. The van der Waals surface area contributed by atoms with Crippen molar-refractivity contribution in [2.24, 2.45) is 7.05 Å². The molecule has 0 saturated heterocycles. The predicted molar refractivity (Wildman–Crippen MR) is 68.2 cm³/mol. The summed E-state index contributed by atoms with van der Waals surface area (Å²) in [5, 5.41) is 0.273. The van der Waals surface area contributed by atoms with Crippen LogP contribution in [0, 0.1) is 0 Å². The van der Waals surface area contributed by atoms with E-state index in [0.717, 1.165) is 8.83 Å². The molecule has 0 aromatic carbocycles. The first-order chi connectivity index (χ1) is 8.08. The minimum absolute atomic E-state index is 0.0383. The maximum atomic E-state index is 11.2. The molecule has 2 rings (SSSR count). The van der Waals surface area contributed by atoms with Gasteiger partial charge in [0.2, 0.25) is 0 Å². The van der Waals surface area contributed by atoms with E-state index in [9.17, 15) is 4.79 Å². The van der Waals surface area contributed by atoms with Crippen molar-refractivity contribution in [2.45, 2.75) is 0 Å². The number of rotatable bonds is 2. The molecule has 0 amide bonds. The van der Waals surface area contributed by atoms with Crippen molar-refractivity contribution in [1.82, 2.24) is 14.5 Å². The third-order valence-electron chi connectivity index (χ3n) is 2.12. The van der Waals surface area contributed by atoms with Gasteiger partial charge in [-0.15, -0.1) is 0 Å². The van der Waals surface area contributed by atoms with Gasteiger partial charge in [0.1, 0.15) is 0 Å². The third kappa shape index (κ3) is 2.68. The van der Waals surface area contributed by atoms with Crippen LogP contribution < -0.4 is 20.1 Å². The quantitative estimate of drug-likeness (QED) is 0.574. The Hall–Kier alpha value is -1.32. The van der Waals surface area contributed by atoms with E-state index < -0.39 is 15.8 Å². The number of halogens is 1. The Kier molecular flexibility index (Phi) is 3.50. The van der Waals surface area contributed by atoms with Crippen LogP contribution in [0.5, 0.6) is 0 Å². The van der Waals surface area contributed by atoms with Crippen molar-refractivity contribution in [3.05, 3.63) is 40.2 Å². The van der Waals surface area contributed by atoms with Crippen molar-refractivity contribution >= 4 is 41.9 Å². The summed E-state index contributed by atoms with van der Waals surface area (Å²) in [7, 11) is 1.71. The van der Waals surface area contributed by atoms with Gasteiger partial charge in [-0.2, -0.15) is 0 Å². The van der Waals surface area contributed by atoms with Gasteiger partial charge in [0.15, 0.2) is 0 Å². The fourth-order valence-corrected chi connectivity index (χ4v) is 3.51. The summed E-state index contributed by atoms with van der Waals surface area (Å²) in [6.07, 6.45) is 3.18. The summed E-state index contributed by atoms with van der Waals surface area (Å²) in [6, 6.07) is 3.32. The molecule has 2 heterocycles. The van der Waals surface area contributed by atoms with E-state index in [1.165, 1.54) is 17.0 Å². The zero-order valence-corrected chi connectivity index (χ0v) is 11.6. The first-order valence-electron chi connectivity index (χ1n) is 4.72. The van der Waals surface area contributed by atoms with E-state index in [1.54, 1.807) is 19.3 Å². The Balaban J connectivity index is 2.35.